The number of hydrogen-bond acceptors (Lipinski definition) is 3. The third-order valence-electron chi connectivity index (χ3n) is 5.27. The fourth-order valence-corrected chi connectivity index (χ4v) is 3.93. The molecule has 21 heavy (non-hydrogen) atoms. The van der Waals surface area contributed by atoms with E-state index in [1.165, 1.54) is 37.1 Å². The van der Waals surface area contributed by atoms with Gasteiger partial charge in [-0.05, 0) is 57.7 Å². The number of likely N-dealkylation sites (tertiary alicyclic amines) is 1. The first-order valence-corrected chi connectivity index (χ1v) is 8.35. The van der Waals surface area contributed by atoms with Gasteiger partial charge < -0.3 is 15.2 Å². The highest BCUT2D eigenvalue weighted by molar-refractivity contribution is 5.27. The molecule has 1 aliphatic carbocycles. The summed E-state index contributed by atoms with van der Waals surface area (Å²) in [5.41, 5.74) is 8.73. The summed E-state index contributed by atoms with van der Waals surface area (Å²) in [5.74, 6) is 0. The average Bonchev–Trinajstić information content (AvgIpc) is 2.48. The van der Waals surface area contributed by atoms with Crippen LogP contribution in [0.1, 0.15) is 55.8 Å². The molecule has 4 heteroatoms. The average molecular weight is 289 g/mol. The van der Waals surface area contributed by atoms with Gasteiger partial charge in [-0.15, -0.1) is 0 Å². The van der Waals surface area contributed by atoms with Crippen LogP contribution in [0.3, 0.4) is 0 Å². The number of nitrogens with two attached hydrogens (primary N) is 1. The summed E-state index contributed by atoms with van der Waals surface area (Å²) in [6.07, 6.45) is 8.10. The summed E-state index contributed by atoms with van der Waals surface area (Å²) < 4.78 is 2.00. The third kappa shape index (κ3) is 3.06. The topological polar surface area (TPSA) is 51.3 Å². The molecule has 1 aliphatic heterocycles. The molecule has 0 saturated carbocycles. The molecular formula is C17H27N3O. The van der Waals surface area contributed by atoms with Crippen LogP contribution in [-0.2, 0) is 13.0 Å². The number of fused-ring (bicyclic) bond motifs is 1. The van der Waals surface area contributed by atoms with Crippen molar-refractivity contribution in [3.8, 4) is 0 Å². The Morgan fingerprint density at radius 2 is 2.10 bits per heavy atom. The molecule has 1 saturated heterocycles. The molecule has 1 aromatic heterocycles. The maximum atomic E-state index is 12.3. The van der Waals surface area contributed by atoms with Gasteiger partial charge in [0, 0.05) is 30.4 Å². The van der Waals surface area contributed by atoms with Crippen molar-refractivity contribution in [1.82, 2.24) is 9.47 Å². The van der Waals surface area contributed by atoms with Crippen LogP contribution in [0.2, 0.25) is 0 Å². The molecule has 0 spiro atoms. The van der Waals surface area contributed by atoms with Crippen LogP contribution in [-0.4, -0.2) is 29.1 Å². The van der Waals surface area contributed by atoms with Crippen molar-refractivity contribution in [3.63, 3.8) is 0 Å². The number of nitrogens with zero attached hydrogens (tertiary/aromatic N) is 2. The van der Waals surface area contributed by atoms with Crippen LogP contribution in [0.15, 0.2) is 16.9 Å². The first-order valence-electron chi connectivity index (χ1n) is 8.35. The van der Waals surface area contributed by atoms with Gasteiger partial charge in [-0.3, -0.25) is 4.79 Å². The zero-order valence-electron chi connectivity index (χ0n) is 13.1. The van der Waals surface area contributed by atoms with Crippen molar-refractivity contribution in [3.05, 3.63) is 33.7 Å². The monoisotopic (exact) mass is 289 g/mol. The molecule has 0 aromatic carbocycles. The number of rotatable bonds is 3. The molecular weight excluding hydrogens is 262 g/mol. The van der Waals surface area contributed by atoms with Gasteiger partial charge in [0.15, 0.2) is 0 Å². The molecule has 2 heterocycles. The molecule has 2 N–H and O–H groups in total. The lowest BCUT2D eigenvalue weighted by molar-refractivity contribution is 0.170. The van der Waals surface area contributed by atoms with E-state index in [2.05, 4.69) is 11.9 Å². The first-order chi connectivity index (χ1) is 10.2. The predicted octanol–water partition coefficient (Wildman–Crippen LogP) is 2.06. The highest BCUT2D eigenvalue weighted by atomic mass is 16.1. The molecule has 1 fully saturated rings. The summed E-state index contributed by atoms with van der Waals surface area (Å²) in [6.45, 7) is 2.03. The molecule has 1 aromatic rings. The molecule has 2 atom stereocenters. The Kier molecular flexibility index (Phi) is 4.45. The van der Waals surface area contributed by atoms with Gasteiger partial charge in [0.2, 0.25) is 0 Å². The minimum atomic E-state index is 0.109. The van der Waals surface area contributed by atoms with Crippen LogP contribution in [0.5, 0.6) is 0 Å². The van der Waals surface area contributed by atoms with E-state index in [0.29, 0.717) is 6.04 Å². The molecule has 0 amide bonds. The van der Waals surface area contributed by atoms with Crippen molar-refractivity contribution in [1.29, 1.82) is 0 Å². The smallest absolute Gasteiger partial charge is 0.250 e. The van der Waals surface area contributed by atoms with Crippen molar-refractivity contribution >= 4 is 0 Å². The van der Waals surface area contributed by atoms with E-state index in [1.807, 2.05) is 10.6 Å². The summed E-state index contributed by atoms with van der Waals surface area (Å²) in [6, 6.07) is 4.39. The Morgan fingerprint density at radius 1 is 1.24 bits per heavy atom. The maximum Gasteiger partial charge on any atom is 0.250 e. The lowest BCUT2D eigenvalue weighted by atomic mass is 9.91. The van der Waals surface area contributed by atoms with Crippen LogP contribution < -0.4 is 11.3 Å². The Bertz CT molecular complexity index is 551. The van der Waals surface area contributed by atoms with Crippen LogP contribution in [0.4, 0.5) is 0 Å². The molecule has 4 nitrogen and oxygen atoms in total. The minimum absolute atomic E-state index is 0.109. The fraction of sp³-hybridized carbons (Fsp3) is 0.706. The number of piperidine rings is 1. The molecule has 3 rings (SSSR count). The second kappa shape index (κ2) is 6.32. The van der Waals surface area contributed by atoms with E-state index in [1.54, 1.807) is 6.07 Å². The summed E-state index contributed by atoms with van der Waals surface area (Å²) in [7, 11) is 2.21. The quantitative estimate of drug-likeness (QED) is 0.926. The maximum absolute atomic E-state index is 12.3. The standard InChI is InChI=1S/C17H27N3O/c1-19-11-3-2-5-13(19)10-12-20-16-7-4-6-15(18)14(16)8-9-17(20)21/h8-9,13,15H,2-7,10-12,18H2,1H3. The lowest BCUT2D eigenvalue weighted by Gasteiger charge is -2.33. The Morgan fingerprint density at radius 3 is 2.90 bits per heavy atom. The predicted molar refractivity (Wildman–Crippen MR) is 85.5 cm³/mol. The van der Waals surface area contributed by atoms with Gasteiger partial charge in [-0.25, -0.2) is 0 Å². The summed E-state index contributed by atoms with van der Waals surface area (Å²) in [5, 5.41) is 0. The molecule has 2 aliphatic rings. The van der Waals surface area contributed by atoms with E-state index >= 15 is 0 Å². The third-order valence-corrected chi connectivity index (χ3v) is 5.27. The van der Waals surface area contributed by atoms with Crippen molar-refractivity contribution in [2.75, 3.05) is 13.6 Å². The lowest BCUT2D eigenvalue weighted by Crippen LogP contribution is -2.38. The second-order valence-electron chi connectivity index (χ2n) is 6.64. The van der Waals surface area contributed by atoms with Gasteiger partial charge in [0.05, 0.1) is 0 Å². The molecule has 2 unspecified atom stereocenters. The van der Waals surface area contributed by atoms with Gasteiger partial charge in [-0.2, -0.15) is 0 Å². The summed E-state index contributed by atoms with van der Waals surface area (Å²) >= 11 is 0. The van der Waals surface area contributed by atoms with Crippen LogP contribution >= 0.6 is 0 Å². The van der Waals surface area contributed by atoms with Gasteiger partial charge in [-0.1, -0.05) is 12.5 Å². The van der Waals surface area contributed by atoms with E-state index in [9.17, 15) is 4.79 Å². The number of aromatic nitrogens is 1. The highest BCUT2D eigenvalue weighted by Gasteiger charge is 2.22. The van der Waals surface area contributed by atoms with Gasteiger partial charge in [0.1, 0.15) is 0 Å². The minimum Gasteiger partial charge on any atom is -0.324 e. The van der Waals surface area contributed by atoms with E-state index in [0.717, 1.165) is 32.2 Å². The molecule has 0 bridgehead atoms. The zero-order chi connectivity index (χ0) is 14.8. The normalized spacial score (nSPS) is 26.6. The SMILES string of the molecule is CN1CCCCC1CCn1c2c(ccc1=O)C(N)CCC2. The van der Waals surface area contributed by atoms with E-state index < -0.39 is 0 Å². The van der Waals surface area contributed by atoms with Crippen molar-refractivity contribution < 1.29 is 0 Å². The molecule has 116 valence electrons. The Balaban J connectivity index is 1.78. The number of pyridine rings is 1. The van der Waals surface area contributed by atoms with Crippen molar-refractivity contribution in [2.24, 2.45) is 5.73 Å². The molecule has 0 radical (unpaired) electrons. The highest BCUT2D eigenvalue weighted by Crippen LogP contribution is 2.27. The van der Waals surface area contributed by atoms with Crippen molar-refractivity contribution in [2.45, 2.75) is 63.6 Å². The first kappa shape index (κ1) is 14.8. The second-order valence-corrected chi connectivity index (χ2v) is 6.64. The number of hydrogen-bond donors (Lipinski definition) is 1. The zero-order valence-corrected chi connectivity index (χ0v) is 13.1. The Hall–Kier alpha value is -1.13. The largest absolute Gasteiger partial charge is 0.324 e. The Labute approximate surface area is 126 Å². The van der Waals surface area contributed by atoms with E-state index in [-0.39, 0.29) is 11.6 Å². The van der Waals surface area contributed by atoms with Gasteiger partial charge in [0.25, 0.3) is 5.56 Å². The fourth-order valence-electron chi connectivity index (χ4n) is 3.93. The van der Waals surface area contributed by atoms with Crippen LogP contribution in [0, 0.1) is 0 Å². The van der Waals surface area contributed by atoms with Crippen LogP contribution in [0.25, 0.3) is 0 Å². The van der Waals surface area contributed by atoms with Gasteiger partial charge >= 0.3 is 0 Å². The summed E-state index contributed by atoms with van der Waals surface area (Å²) in [4.78, 5) is 14.7. The van der Waals surface area contributed by atoms with E-state index in [4.69, 9.17) is 5.73 Å².